The zero-order valence-corrected chi connectivity index (χ0v) is 11.8. The first kappa shape index (κ1) is 13.4. The Hall–Kier alpha value is -1.03. The molecule has 1 aliphatic rings. The molecule has 1 aliphatic carbocycles. The Morgan fingerprint density at radius 1 is 1.39 bits per heavy atom. The number of hydrogen-bond donors (Lipinski definition) is 1. The lowest BCUT2D eigenvalue weighted by Crippen LogP contribution is -2.35. The van der Waals surface area contributed by atoms with Crippen molar-refractivity contribution >= 4 is 6.01 Å². The average Bonchev–Trinajstić information content (AvgIpc) is 2.85. The van der Waals surface area contributed by atoms with Gasteiger partial charge < -0.3 is 14.6 Å². The fourth-order valence-corrected chi connectivity index (χ4v) is 2.58. The summed E-state index contributed by atoms with van der Waals surface area (Å²) in [5.74, 6) is 0.878. The summed E-state index contributed by atoms with van der Waals surface area (Å²) >= 11 is 0. The van der Waals surface area contributed by atoms with Gasteiger partial charge in [0.05, 0.1) is 5.69 Å². The minimum Gasteiger partial charge on any atom is -0.432 e. The van der Waals surface area contributed by atoms with E-state index in [1.165, 1.54) is 25.7 Å². The molecule has 2 rings (SSSR count). The van der Waals surface area contributed by atoms with Crippen molar-refractivity contribution in [3.05, 3.63) is 12.0 Å². The molecule has 0 aromatic carbocycles. The Labute approximate surface area is 110 Å². The van der Waals surface area contributed by atoms with Gasteiger partial charge in [0.2, 0.25) is 0 Å². The highest BCUT2D eigenvalue weighted by Gasteiger charge is 2.24. The third kappa shape index (κ3) is 3.25. The molecule has 0 saturated heterocycles. The standard InChI is InChI=1S/C14H25N3O/c1-4-15-9-12-10-18-14(16-12)17(3)13-7-5-11(2)6-8-13/h10-11,13,15H,4-9H2,1-3H3. The SMILES string of the molecule is CCNCc1coc(N(C)C2CCC(C)CC2)n1. The van der Waals surface area contributed by atoms with E-state index in [4.69, 9.17) is 4.42 Å². The van der Waals surface area contributed by atoms with E-state index in [2.05, 4.69) is 36.1 Å². The van der Waals surface area contributed by atoms with Gasteiger partial charge in [-0.2, -0.15) is 4.98 Å². The largest absolute Gasteiger partial charge is 0.432 e. The predicted molar refractivity (Wildman–Crippen MR) is 73.7 cm³/mol. The topological polar surface area (TPSA) is 41.3 Å². The predicted octanol–water partition coefficient (Wildman–Crippen LogP) is 2.80. The number of nitrogens with zero attached hydrogens (tertiary/aromatic N) is 2. The zero-order valence-electron chi connectivity index (χ0n) is 11.8. The van der Waals surface area contributed by atoms with E-state index in [0.717, 1.165) is 30.7 Å². The van der Waals surface area contributed by atoms with Crippen LogP contribution in [0.4, 0.5) is 6.01 Å². The summed E-state index contributed by atoms with van der Waals surface area (Å²) in [5, 5.41) is 3.26. The molecule has 1 aromatic rings. The van der Waals surface area contributed by atoms with Gasteiger partial charge in [-0.15, -0.1) is 0 Å². The summed E-state index contributed by atoms with van der Waals surface area (Å²) in [6.45, 7) is 6.18. The number of hydrogen-bond acceptors (Lipinski definition) is 4. The molecule has 0 amide bonds. The van der Waals surface area contributed by atoms with Gasteiger partial charge in [-0.3, -0.25) is 0 Å². The maximum absolute atomic E-state index is 5.58. The quantitative estimate of drug-likeness (QED) is 0.873. The van der Waals surface area contributed by atoms with Crippen molar-refractivity contribution in [2.75, 3.05) is 18.5 Å². The maximum Gasteiger partial charge on any atom is 0.297 e. The molecule has 1 fully saturated rings. The molecule has 1 N–H and O–H groups in total. The first-order valence-corrected chi connectivity index (χ1v) is 7.08. The van der Waals surface area contributed by atoms with Gasteiger partial charge in [-0.1, -0.05) is 13.8 Å². The second-order valence-electron chi connectivity index (χ2n) is 5.43. The second-order valence-corrected chi connectivity index (χ2v) is 5.43. The third-order valence-electron chi connectivity index (χ3n) is 3.93. The lowest BCUT2D eigenvalue weighted by atomic mass is 9.87. The van der Waals surface area contributed by atoms with Crippen LogP contribution in [-0.2, 0) is 6.54 Å². The van der Waals surface area contributed by atoms with Crippen LogP contribution in [0.2, 0.25) is 0 Å². The average molecular weight is 251 g/mol. The van der Waals surface area contributed by atoms with Crippen molar-refractivity contribution in [3.63, 3.8) is 0 Å². The van der Waals surface area contributed by atoms with E-state index in [-0.39, 0.29) is 0 Å². The molecule has 0 atom stereocenters. The lowest BCUT2D eigenvalue weighted by molar-refractivity contribution is 0.332. The summed E-state index contributed by atoms with van der Waals surface area (Å²) in [6.07, 6.45) is 6.91. The Morgan fingerprint density at radius 3 is 2.78 bits per heavy atom. The fourth-order valence-electron chi connectivity index (χ4n) is 2.58. The van der Waals surface area contributed by atoms with Crippen LogP contribution in [0, 0.1) is 5.92 Å². The first-order chi connectivity index (χ1) is 8.70. The van der Waals surface area contributed by atoms with E-state index in [0.29, 0.717) is 6.04 Å². The summed E-state index contributed by atoms with van der Waals surface area (Å²) in [6, 6.07) is 1.36. The Morgan fingerprint density at radius 2 is 2.11 bits per heavy atom. The highest BCUT2D eigenvalue weighted by molar-refractivity contribution is 5.27. The van der Waals surface area contributed by atoms with Crippen LogP contribution in [0.5, 0.6) is 0 Å². The van der Waals surface area contributed by atoms with Crippen molar-refractivity contribution in [2.45, 2.75) is 52.1 Å². The highest BCUT2D eigenvalue weighted by Crippen LogP contribution is 2.28. The molecule has 102 valence electrons. The van der Waals surface area contributed by atoms with Crippen LogP contribution in [0.25, 0.3) is 0 Å². The minimum absolute atomic E-state index is 0.590. The van der Waals surface area contributed by atoms with Crippen LogP contribution in [0.1, 0.15) is 45.2 Å². The smallest absolute Gasteiger partial charge is 0.297 e. The van der Waals surface area contributed by atoms with Gasteiger partial charge in [0.15, 0.2) is 0 Å². The van der Waals surface area contributed by atoms with E-state index in [1.54, 1.807) is 6.26 Å². The highest BCUT2D eigenvalue weighted by atomic mass is 16.4. The maximum atomic E-state index is 5.58. The molecular formula is C14H25N3O. The van der Waals surface area contributed by atoms with E-state index < -0.39 is 0 Å². The number of nitrogens with one attached hydrogen (secondary N) is 1. The lowest BCUT2D eigenvalue weighted by Gasteiger charge is -2.32. The molecule has 0 unspecified atom stereocenters. The van der Waals surface area contributed by atoms with Gasteiger partial charge in [0.25, 0.3) is 6.01 Å². The van der Waals surface area contributed by atoms with Crippen LogP contribution >= 0.6 is 0 Å². The normalized spacial score (nSPS) is 24.2. The molecule has 0 spiro atoms. The van der Waals surface area contributed by atoms with Crippen LogP contribution in [0.3, 0.4) is 0 Å². The summed E-state index contributed by atoms with van der Waals surface area (Å²) in [4.78, 5) is 6.75. The fraction of sp³-hybridized carbons (Fsp3) is 0.786. The molecule has 0 aliphatic heterocycles. The number of aromatic nitrogens is 1. The first-order valence-electron chi connectivity index (χ1n) is 7.08. The van der Waals surface area contributed by atoms with Gasteiger partial charge in [-0.25, -0.2) is 0 Å². The third-order valence-corrected chi connectivity index (χ3v) is 3.93. The number of rotatable bonds is 5. The summed E-state index contributed by atoms with van der Waals surface area (Å²) < 4.78 is 5.58. The molecule has 1 aromatic heterocycles. The van der Waals surface area contributed by atoms with Crippen LogP contribution in [0.15, 0.2) is 10.7 Å². The van der Waals surface area contributed by atoms with Crippen molar-refractivity contribution in [1.29, 1.82) is 0 Å². The molecule has 4 nitrogen and oxygen atoms in total. The zero-order chi connectivity index (χ0) is 13.0. The van der Waals surface area contributed by atoms with Gasteiger partial charge in [-0.05, 0) is 38.1 Å². The monoisotopic (exact) mass is 251 g/mol. The summed E-state index contributed by atoms with van der Waals surface area (Å²) in [5.41, 5.74) is 0.989. The van der Waals surface area contributed by atoms with Crippen molar-refractivity contribution < 1.29 is 4.42 Å². The molecule has 1 heterocycles. The molecule has 0 radical (unpaired) electrons. The van der Waals surface area contributed by atoms with Gasteiger partial charge in [0.1, 0.15) is 6.26 Å². The molecule has 1 saturated carbocycles. The number of anilines is 1. The molecular weight excluding hydrogens is 226 g/mol. The Balaban J connectivity index is 1.91. The van der Waals surface area contributed by atoms with Crippen molar-refractivity contribution in [2.24, 2.45) is 5.92 Å². The molecule has 4 heteroatoms. The summed E-state index contributed by atoms with van der Waals surface area (Å²) in [7, 11) is 2.10. The van der Waals surface area contributed by atoms with E-state index in [9.17, 15) is 0 Å². The molecule has 18 heavy (non-hydrogen) atoms. The van der Waals surface area contributed by atoms with E-state index in [1.807, 2.05) is 0 Å². The minimum atomic E-state index is 0.590. The van der Waals surface area contributed by atoms with Crippen LogP contribution in [-0.4, -0.2) is 24.6 Å². The number of oxazole rings is 1. The van der Waals surface area contributed by atoms with E-state index >= 15 is 0 Å². The Bertz CT molecular complexity index is 356. The second kappa shape index (κ2) is 6.23. The Kier molecular flexibility index (Phi) is 4.64. The van der Waals surface area contributed by atoms with Crippen molar-refractivity contribution in [1.82, 2.24) is 10.3 Å². The van der Waals surface area contributed by atoms with Gasteiger partial charge >= 0.3 is 0 Å². The van der Waals surface area contributed by atoms with Gasteiger partial charge in [0, 0.05) is 19.6 Å². The molecule has 0 bridgehead atoms. The van der Waals surface area contributed by atoms with Crippen molar-refractivity contribution in [3.8, 4) is 0 Å². The van der Waals surface area contributed by atoms with Crippen LogP contribution < -0.4 is 10.2 Å².